The Bertz CT molecular complexity index is 756. The summed E-state index contributed by atoms with van der Waals surface area (Å²) in [4.78, 5) is 4.30. The first-order chi connectivity index (χ1) is 10.2. The number of hydrogen-bond donors (Lipinski definition) is 0. The lowest BCUT2D eigenvalue weighted by Crippen LogP contribution is -2.01. The third-order valence-corrected chi connectivity index (χ3v) is 3.71. The Morgan fingerprint density at radius 3 is 2.48 bits per heavy atom. The summed E-state index contributed by atoms with van der Waals surface area (Å²) in [5, 5.41) is 2.39. The van der Waals surface area contributed by atoms with Crippen molar-refractivity contribution in [3.05, 3.63) is 70.3 Å². The van der Waals surface area contributed by atoms with Gasteiger partial charge in [-0.1, -0.05) is 35.3 Å². The molecule has 0 aliphatic rings. The molecule has 0 bridgehead atoms. The zero-order chi connectivity index (χ0) is 14.7. The molecule has 3 aromatic rings. The minimum Gasteiger partial charge on any atom is -0.492 e. The van der Waals surface area contributed by atoms with Crippen LogP contribution < -0.4 is 4.74 Å². The Balaban J connectivity index is 1.72. The molecule has 0 amide bonds. The van der Waals surface area contributed by atoms with E-state index in [9.17, 15) is 0 Å². The second-order valence-corrected chi connectivity index (χ2v) is 5.57. The maximum atomic E-state index is 5.98. The normalized spacial score (nSPS) is 10.8. The van der Waals surface area contributed by atoms with Crippen LogP contribution in [0.15, 0.2) is 54.7 Å². The summed E-state index contributed by atoms with van der Waals surface area (Å²) in [6.45, 7) is 0.601. The predicted molar refractivity (Wildman–Crippen MR) is 87.4 cm³/mol. The second kappa shape index (κ2) is 6.33. The van der Waals surface area contributed by atoms with Crippen molar-refractivity contribution < 1.29 is 4.74 Å². The van der Waals surface area contributed by atoms with Gasteiger partial charge in [0.1, 0.15) is 5.75 Å². The third kappa shape index (κ3) is 3.46. The van der Waals surface area contributed by atoms with Crippen molar-refractivity contribution in [1.29, 1.82) is 0 Å². The van der Waals surface area contributed by atoms with Crippen LogP contribution in [0.5, 0.6) is 5.75 Å². The van der Waals surface area contributed by atoms with Crippen molar-refractivity contribution in [2.75, 3.05) is 6.61 Å². The topological polar surface area (TPSA) is 22.1 Å². The van der Waals surface area contributed by atoms with Gasteiger partial charge < -0.3 is 4.74 Å². The van der Waals surface area contributed by atoms with Gasteiger partial charge in [-0.05, 0) is 42.0 Å². The number of rotatable bonds is 4. The number of ether oxygens (including phenoxy) is 1. The van der Waals surface area contributed by atoms with E-state index in [4.69, 9.17) is 27.9 Å². The third-order valence-electron chi connectivity index (χ3n) is 3.23. The number of fused-ring (bicyclic) bond motifs is 1. The highest BCUT2D eigenvalue weighted by Crippen LogP contribution is 2.26. The molecule has 4 heteroatoms. The first-order valence-electron chi connectivity index (χ1n) is 6.64. The van der Waals surface area contributed by atoms with Gasteiger partial charge in [-0.2, -0.15) is 0 Å². The zero-order valence-electron chi connectivity index (χ0n) is 11.2. The summed E-state index contributed by atoms with van der Waals surface area (Å²) in [5.41, 5.74) is 2.03. The van der Waals surface area contributed by atoms with Crippen LogP contribution in [0.3, 0.4) is 0 Å². The molecule has 0 aliphatic carbocycles. The molecule has 3 rings (SSSR count). The Morgan fingerprint density at radius 2 is 1.67 bits per heavy atom. The molecule has 106 valence electrons. The highest BCUT2D eigenvalue weighted by molar-refractivity contribution is 6.31. The summed E-state index contributed by atoms with van der Waals surface area (Å²) in [7, 11) is 0. The number of nitrogens with zero attached hydrogens (tertiary/aromatic N) is 1. The molecule has 0 spiro atoms. The zero-order valence-corrected chi connectivity index (χ0v) is 12.7. The Morgan fingerprint density at radius 1 is 0.905 bits per heavy atom. The molecule has 0 aliphatic heterocycles. The molecule has 0 unspecified atom stereocenters. The number of halogens is 2. The monoisotopic (exact) mass is 317 g/mol. The van der Waals surface area contributed by atoms with Crippen LogP contribution in [-0.2, 0) is 6.42 Å². The van der Waals surface area contributed by atoms with Crippen molar-refractivity contribution in [3.8, 4) is 5.75 Å². The minimum atomic E-state index is 0.601. The standard InChI is InChI=1S/C17H13Cl2NO/c18-13-3-1-12(2-4-13)8-10-21-17-7-9-20-16-11-14(19)5-6-15(16)17/h1-7,9,11H,8,10H2. The summed E-state index contributed by atoms with van der Waals surface area (Å²) >= 11 is 11.8. The molecule has 0 saturated carbocycles. The highest BCUT2D eigenvalue weighted by atomic mass is 35.5. The predicted octanol–water partition coefficient (Wildman–Crippen LogP) is 5.16. The van der Waals surface area contributed by atoms with Gasteiger partial charge in [0.05, 0.1) is 12.1 Å². The fourth-order valence-corrected chi connectivity index (χ4v) is 2.44. The van der Waals surface area contributed by atoms with E-state index in [-0.39, 0.29) is 0 Å². The van der Waals surface area contributed by atoms with Crippen LogP contribution in [0, 0.1) is 0 Å². The first kappa shape index (κ1) is 14.2. The Hall–Kier alpha value is -1.77. The van der Waals surface area contributed by atoms with Gasteiger partial charge in [0.25, 0.3) is 0 Å². The van der Waals surface area contributed by atoms with Gasteiger partial charge in [-0.3, -0.25) is 4.98 Å². The van der Waals surface area contributed by atoms with Crippen molar-refractivity contribution >= 4 is 34.1 Å². The maximum Gasteiger partial charge on any atom is 0.130 e. The molecule has 2 aromatic carbocycles. The number of benzene rings is 2. The summed E-state index contributed by atoms with van der Waals surface area (Å²) in [6.07, 6.45) is 2.56. The van der Waals surface area contributed by atoms with Gasteiger partial charge in [0, 0.05) is 28.0 Å². The van der Waals surface area contributed by atoms with Crippen molar-refractivity contribution in [2.24, 2.45) is 0 Å². The summed E-state index contributed by atoms with van der Waals surface area (Å²) in [5.74, 6) is 0.825. The fourth-order valence-electron chi connectivity index (χ4n) is 2.15. The molecule has 0 saturated heterocycles. The quantitative estimate of drug-likeness (QED) is 0.662. The van der Waals surface area contributed by atoms with Crippen LogP contribution in [0.4, 0.5) is 0 Å². The van der Waals surface area contributed by atoms with E-state index in [0.717, 1.165) is 28.1 Å². The molecule has 0 N–H and O–H groups in total. The lowest BCUT2D eigenvalue weighted by molar-refractivity contribution is 0.325. The molecule has 21 heavy (non-hydrogen) atoms. The smallest absolute Gasteiger partial charge is 0.130 e. The van der Waals surface area contributed by atoms with E-state index in [0.29, 0.717) is 11.6 Å². The van der Waals surface area contributed by atoms with Crippen molar-refractivity contribution in [1.82, 2.24) is 4.98 Å². The SMILES string of the molecule is Clc1ccc(CCOc2ccnc3cc(Cl)ccc23)cc1. The molecular weight excluding hydrogens is 305 g/mol. The van der Waals surface area contributed by atoms with E-state index in [2.05, 4.69) is 4.98 Å². The van der Waals surface area contributed by atoms with Crippen molar-refractivity contribution in [3.63, 3.8) is 0 Å². The number of aromatic nitrogens is 1. The molecule has 2 nitrogen and oxygen atoms in total. The number of pyridine rings is 1. The van der Waals surface area contributed by atoms with Crippen molar-refractivity contribution in [2.45, 2.75) is 6.42 Å². The maximum absolute atomic E-state index is 5.98. The van der Waals surface area contributed by atoms with Crippen LogP contribution in [0.2, 0.25) is 10.0 Å². The molecular formula is C17H13Cl2NO. The van der Waals surface area contributed by atoms with E-state index in [1.165, 1.54) is 5.56 Å². The molecule has 0 fully saturated rings. The lowest BCUT2D eigenvalue weighted by atomic mass is 10.1. The van der Waals surface area contributed by atoms with E-state index < -0.39 is 0 Å². The summed E-state index contributed by atoms with van der Waals surface area (Å²) in [6, 6.07) is 15.3. The van der Waals surface area contributed by atoms with Gasteiger partial charge in [0.2, 0.25) is 0 Å². The van der Waals surface area contributed by atoms with E-state index >= 15 is 0 Å². The van der Waals surface area contributed by atoms with Gasteiger partial charge in [0.15, 0.2) is 0 Å². The molecule has 0 atom stereocenters. The number of hydrogen-bond acceptors (Lipinski definition) is 2. The second-order valence-electron chi connectivity index (χ2n) is 4.70. The highest BCUT2D eigenvalue weighted by Gasteiger charge is 2.04. The van der Waals surface area contributed by atoms with Gasteiger partial charge >= 0.3 is 0 Å². The fraction of sp³-hybridized carbons (Fsp3) is 0.118. The molecule has 1 heterocycles. The van der Waals surface area contributed by atoms with Crippen LogP contribution in [0.25, 0.3) is 10.9 Å². The molecule has 1 aromatic heterocycles. The Labute approximate surface area is 133 Å². The minimum absolute atomic E-state index is 0.601. The average Bonchev–Trinajstić information content (AvgIpc) is 2.49. The van der Waals surface area contributed by atoms with Gasteiger partial charge in [-0.25, -0.2) is 0 Å². The van der Waals surface area contributed by atoms with Crippen LogP contribution in [-0.4, -0.2) is 11.6 Å². The van der Waals surface area contributed by atoms with Crippen LogP contribution in [0.1, 0.15) is 5.56 Å². The van der Waals surface area contributed by atoms with E-state index in [1.54, 1.807) is 6.20 Å². The molecule has 0 radical (unpaired) electrons. The van der Waals surface area contributed by atoms with E-state index in [1.807, 2.05) is 48.5 Å². The average molecular weight is 318 g/mol. The van der Waals surface area contributed by atoms with Gasteiger partial charge in [-0.15, -0.1) is 0 Å². The Kier molecular flexibility index (Phi) is 4.28. The lowest BCUT2D eigenvalue weighted by Gasteiger charge is -2.09. The largest absolute Gasteiger partial charge is 0.492 e. The summed E-state index contributed by atoms with van der Waals surface area (Å²) < 4.78 is 5.88. The van der Waals surface area contributed by atoms with Crippen LogP contribution >= 0.6 is 23.2 Å². The first-order valence-corrected chi connectivity index (χ1v) is 7.39.